The lowest BCUT2D eigenvalue weighted by molar-refractivity contribution is -0.118. The van der Waals surface area contributed by atoms with Crippen LogP contribution in [0.25, 0.3) is 5.78 Å². The number of hydrogen-bond acceptors (Lipinski definition) is 6. The number of nitrogens with one attached hydrogen (secondary N) is 2. The molecule has 0 spiro atoms. The Balaban J connectivity index is 1.64. The zero-order chi connectivity index (χ0) is 17.6. The van der Waals surface area contributed by atoms with E-state index in [9.17, 15) is 9.59 Å². The fourth-order valence-electron chi connectivity index (χ4n) is 2.38. The van der Waals surface area contributed by atoms with E-state index >= 15 is 0 Å². The molecule has 25 heavy (non-hydrogen) atoms. The number of nitrogens with zero attached hydrogens (tertiary/aromatic N) is 4. The highest BCUT2D eigenvalue weighted by molar-refractivity contribution is 6.34. The standard InChI is InChI=1S/C15H11ClN6O3/c1-7-2-3-17-15-20-13(21-22(7)15)14(24)19-9-5-11-10(4-8(9)16)18-12(23)6-25-11/h2-5H,6H2,1H3,(H,18,23)(H,19,24). The molecular weight excluding hydrogens is 348 g/mol. The Labute approximate surface area is 146 Å². The monoisotopic (exact) mass is 358 g/mol. The summed E-state index contributed by atoms with van der Waals surface area (Å²) in [6, 6.07) is 4.80. The fourth-order valence-corrected chi connectivity index (χ4v) is 2.59. The molecule has 0 unspecified atom stereocenters. The van der Waals surface area contributed by atoms with Gasteiger partial charge in [-0.2, -0.15) is 4.98 Å². The van der Waals surface area contributed by atoms with Crippen LogP contribution in [0.1, 0.15) is 16.3 Å². The predicted octanol–water partition coefficient (Wildman–Crippen LogP) is 1.67. The molecule has 2 amide bonds. The van der Waals surface area contributed by atoms with E-state index in [1.807, 2.05) is 6.92 Å². The molecule has 0 radical (unpaired) electrons. The minimum Gasteiger partial charge on any atom is -0.482 e. The lowest BCUT2D eigenvalue weighted by Crippen LogP contribution is -2.25. The van der Waals surface area contributed by atoms with Crippen LogP contribution in [0.3, 0.4) is 0 Å². The maximum Gasteiger partial charge on any atom is 0.295 e. The molecule has 0 saturated heterocycles. The van der Waals surface area contributed by atoms with E-state index in [-0.39, 0.29) is 23.4 Å². The van der Waals surface area contributed by atoms with E-state index in [2.05, 4.69) is 25.7 Å². The van der Waals surface area contributed by atoms with Gasteiger partial charge in [-0.25, -0.2) is 9.50 Å². The summed E-state index contributed by atoms with van der Waals surface area (Å²) in [4.78, 5) is 31.9. The number of ether oxygens (including phenoxy) is 1. The number of halogens is 1. The summed E-state index contributed by atoms with van der Waals surface area (Å²) in [5, 5.41) is 9.66. The van der Waals surface area contributed by atoms with E-state index in [0.717, 1.165) is 5.69 Å². The predicted molar refractivity (Wildman–Crippen MR) is 89.0 cm³/mol. The third-order valence-electron chi connectivity index (χ3n) is 3.58. The Morgan fingerprint density at radius 3 is 3.08 bits per heavy atom. The van der Waals surface area contributed by atoms with Crippen LogP contribution in [0.4, 0.5) is 11.4 Å². The third-order valence-corrected chi connectivity index (χ3v) is 3.90. The summed E-state index contributed by atoms with van der Waals surface area (Å²) in [7, 11) is 0. The van der Waals surface area contributed by atoms with Gasteiger partial charge in [-0.15, -0.1) is 5.10 Å². The molecule has 0 fully saturated rings. The molecule has 9 nitrogen and oxygen atoms in total. The van der Waals surface area contributed by atoms with Gasteiger partial charge >= 0.3 is 0 Å². The van der Waals surface area contributed by atoms with Crippen molar-refractivity contribution in [2.24, 2.45) is 0 Å². The normalized spacial score (nSPS) is 13.1. The number of aryl methyl sites for hydroxylation is 1. The number of rotatable bonds is 2. The van der Waals surface area contributed by atoms with Gasteiger partial charge in [-0.3, -0.25) is 9.59 Å². The topological polar surface area (TPSA) is 111 Å². The second kappa shape index (κ2) is 5.71. The number of carbonyl (C=O) groups is 2. The summed E-state index contributed by atoms with van der Waals surface area (Å²) >= 11 is 6.16. The quantitative estimate of drug-likeness (QED) is 0.721. The Bertz CT molecular complexity index is 1030. The second-order valence-electron chi connectivity index (χ2n) is 5.35. The van der Waals surface area contributed by atoms with Gasteiger partial charge in [0.1, 0.15) is 5.75 Å². The zero-order valence-electron chi connectivity index (χ0n) is 12.9. The van der Waals surface area contributed by atoms with Crippen LogP contribution in [0.5, 0.6) is 5.75 Å². The average Bonchev–Trinajstić information content (AvgIpc) is 3.01. The van der Waals surface area contributed by atoms with E-state index in [4.69, 9.17) is 16.3 Å². The van der Waals surface area contributed by atoms with Gasteiger partial charge in [-0.1, -0.05) is 11.6 Å². The highest BCUT2D eigenvalue weighted by atomic mass is 35.5. The maximum atomic E-state index is 12.4. The minimum absolute atomic E-state index is 0.0372. The van der Waals surface area contributed by atoms with Crippen molar-refractivity contribution in [2.45, 2.75) is 6.92 Å². The summed E-state index contributed by atoms with van der Waals surface area (Å²) in [5.74, 6) is -0.0963. The number of aromatic nitrogens is 4. The molecule has 0 bridgehead atoms. The first-order valence-electron chi connectivity index (χ1n) is 7.27. The molecule has 10 heteroatoms. The first-order chi connectivity index (χ1) is 12.0. The number of benzene rings is 1. The number of carbonyl (C=O) groups excluding carboxylic acids is 2. The van der Waals surface area contributed by atoms with Gasteiger partial charge in [0.15, 0.2) is 6.61 Å². The van der Waals surface area contributed by atoms with Crippen LogP contribution < -0.4 is 15.4 Å². The second-order valence-corrected chi connectivity index (χ2v) is 5.76. The zero-order valence-corrected chi connectivity index (χ0v) is 13.7. The van der Waals surface area contributed by atoms with E-state index in [1.54, 1.807) is 12.3 Å². The van der Waals surface area contributed by atoms with Crippen molar-refractivity contribution >= 4 is 40.6 Å². The molecule has 1 aromatic carbocycles. The van der Waals surface area contributed by atoms with Crippen LogP contribution in [-0.2, 0) is 4.79 Å². The van der Waals surface area contributed by atoms with Crippen molar-refractivity contribution < 1.29 is 14.3 Å². The van der Waals surface area contributed by atoms with Crippen molar-refractivity contribution in [2.75, 3.05) is 17.2 Å². The largest absolute Gasteiger partial charge is 0.482 e. The Hall–Kier alpha value is -3.20. The molecule has 3 heterocycles. The number of hydrogen-bond donors (Lipinski definition) is 2. The molecule has 1 aliphatic heterocycles. The molecule has 2 aromatic heterocycles. The SMILES string of the molecule is Cc1ccnc2nc(C(=O)Nc3cc4c(cc3Cl)NC(=O)CO4)nn12. The van der Waals surface area contributed by atoms with Gasteiger partial charge in [0, 0.05) is 18.0 Å². The van der Waals surface area contributed by atoms with Crippen molar-refractivity contribution in [3.63, 3.8) is 0 Å². The molecule has 4 rings (SSSR count). The molecule has 1 aliphatic rings. The van der Waals surface area contributed by atoms with Crippen molar-refractivity contribution in [1.82, 2.24) is 19.6 Å². The van der Waals surface area contributed by atoms with Crippen molar-refractivity contribution in [3.8, 4) is 5.75 Å². The van der Waals surface area contributed by atoms with Crippen LogP contribution in [0.2, 0.25) is 5.02 Å². The molecule has 0 saturated carbocycles. The highest BCUT2D eigenvalue weighted by Gasteiger charge is 2.21. The lowest BCUT2D eigenvalue weighted by atomic mass is 10.2. The fraction of sp³-hybridized carbons (Fsp3) is 0.133. The lowest BCUT2D eigenvalue weighted by Gasteiger charge is -2.19. The van der Waals surface area contributed by atoms with Crippen molar-refractivity contribution in [3.05, 3.63) is 40.9 Å². The molecule has 2 N–H and O–H groups in total. The maximum absolute atomic E-state index is 12.4. The summed E-state index contributed by atoms with van der Waals surface area (Å²) in [6.07, 6.45) is 1.59. The minimum atomic E-state index is -0.536. The smallest absolute Gasteiger partial charge is 0.295 e. The van der Waals surface area contributed by atoms with E-state index in [0.29, 0.717) is 22.9 Å². The van der Waals surface area contributed by atoms with Gasteiger partial charge < -0.3 is 15.4 Å². The van der Waals surface area contributed by atoms with Crippen molar-refractivity contribution in [1.29, 1.82) is 0 Å². The Kier molecular flexibility index (Phi) is 3.50. The average molecular weight is 359 g/mol. The van der Waals surface area contributed by atoms with Gasteiger partial charge in [0.05, 0.1) is 16.4 Å². The van der Waals surface area contributed by atoms with E-state index < -0.39 is 5.91 Å². The van der Waals surface area contributed by atoms with Crippen LogP contribution in [0.15, 0.2) is 24.4 Å². The molecule has 3 aromatic rings. The van der Waals surface area contributed by atoms with Crippen LogP contribution in [-0.4, -0.2) is 38.0 Å². The highest BCUT2D eigenvalue weighted by Crippen LogP contribution is 2.36. The summed E-state index contributed by atoms with van der Waals surface area (Å²) in [6.45, 7) is 1.73. The third kappa shape index (κ3) is 2.74. The van der Waals surface area contributed by atoms with E-state index in [1.165, 1.54) is 16.6 Å². The summed E-state index contributed by atoms with van der Waals surface area (Å²) in [5.41, 5.74) is 1.57. The van der Waals surface area contributed by atoms with Gasteiger partial charge in [0.2, 0.25) is 5.82 Å². The number of amides is 2. The number of fused-ring (bicyclic) bond motifs is 2. The van der Waals surface area contributed by atoms with Gasteiger partial charge in [0.25, 0.3) is 17.6 Å². The molecule has 126 valence electrons. The molecular formula is C15H11ClN6O3. The first-order valence-corrected chi connectivity index (χ1v) is 7.65. The Morgan fingerprint density at radius 2 is 2.28 bits per heavy atom. The first kappa shape index (κ1) is 15.3. The molecule has 0 aliphatic carbocycles. The summed E-state index contributed by atoms with van der Waals surface area (Å²) < 4.78 is 6.79. The van der Waals surface area contributed by atoms with Gasteiger partial charge in [-0.05, 0) is 19.1 Å². The van der Waals surface area contributed by atoms with Crippen LogP contribution >= 0.6 is 11.6 Å². The Morgan fingerprint density at radius 1 is 1.44 bits per heavy atom. The van der Waals surface area contributed by atoms with Crippen LogP contribution in [0, 0.1) is 6.92 Å². The molecule has 0 atom stereocenters. The number of anilines is 2.